The number of hydrogen-bond acceptors (Lipinski definition) is 4. The van der Waals surface area contributed by atoms with Gasteiger partial charge in [0, 0.05) is 17.5 Å². The smallest absolute Gasteiger partial charge is 0.310 e. The summed E-state index contributed by atoms with van der Waals surface area (Å²) in [5, 5.41) is 9.69. The minimum atomic E-state index is -0.437. The van der Waals surface area contributed by atoms with Crippen molar-refractivity contribution in [1.29, 1.82) is 0 Å². The number of ether oxygens (including phenoxy) is 1. The maximum absolute atomic E-state index is 12.0. The van der Waals surface area contributed by atoms with Crippen LogP contribution in [0.25, 0.3) is 0 Å². The van der Waals surface area contributed by atoms with Crippen LogP contribution in [-0.2, 0) is 16.0 Å². The second-order valence-electron chi connectivity index (χ2n) is 4.83. The SMILES string of the molecule is CCCCCCC(=O)c1ccc(O)c(CC(=O)OC)c1. The fourth-order valence-electron chi connectivity index (χ4n) is 1.98. The van der Waals surface area contributed by atoms with Gasteiger partial charge in [0.2, 0.25) is 0 Å². The summed E-state index contributed by atoms with van der Waals surface area (Å²) in [4.78, 5) is 23.3. The van der Waals surface area contributed by atoms with E-state index in [2.05, 4.69) is 11.7 Å². The van der Waals surface area contributed by atoms with Crippen molar-refractivity contribution in [3.63, 3.8) is 0 Å². The monoisotopic (exact) mass is 278 g/mol. The molecule has 0 fully saturated rings. The number of methoxy groups -OCH3 is 1. The summed E-state index contributed by atoms with van der Waals surface area (Å²) in [6, 6.07) is 4.63. The molecule has 0 heterocycles. The van der Waals surface area contributed by atoms with Crippen LogP contribution in [0.4, 0.5) is 0 Å². The van der Waals surface area contributed by atoms with Gasteiger partial charge in [0.05, 0.1) is 13.5 Å². The van der Waals surface area contributed by atoms with E-state index in [0.29, 0.717) is 17.5 Å². The first-order valence-corrected chi connectivity index (χ1v) is 7.00. The number of phenolic OH excluding ortho intramolecular Hbond substituents is 1. The lowest BCUT2D eigenvalue weighted by atomic mass is 10.0. The minimum absolute atomic E-state index is 0.0120. The number of unbranched alkanes of at least 4 members (excludes halogenated alkanes) is 3. The summed E-state index contributed by atoms with van der Waals surface area (Å²) in [5.74, 6) is -0.377. The van der Waals surface area contributed by atoms with Crippen LogP contribution in [0.2, 0.25) is 0 Å². The number of carbonyl (C=O) groups excluding carboxylic acids is 2. The van der Waals surface area contributed by atoms with Gasteiger partial charge >= 0.3 is 5.97 Å². The summed E-state index contributed by atoms with van der Waals surface area (Å²) >= 11 is 0. The molecule has 0 aliphatic carbocycles. The van der Waals surface area contributed by atoms with E-state index in [1.165, 1.54) is 13.2 Å². The van der Waals surface area contributed by atoms with Crippen molar-refractivity contribution >= 4 is 11.8 Å². The molecule has 1 rings (SSSR count). The van der Waals surface area contributed by atoms with Gasteiger partial charge < -0.3 is 9.84 Å². The summed E-state index contributed by atoms with van der Waals surface area (Å²) in [6.07, 6.45) is 4.67. The van der Waals surface area contributed by atoms with Gasteiger partial charge in [-0.25, -0.2) is 0 Å². The Balaban J connectivity index is 2.68. The molecule has 0 radical (unpaired) electrons. The molecular weight excluding hydrogens is 256 g/mol. The van der Waals surface area contributed by atoms with Crippen LogP contribution in [0.1, 0.15) is 54.9 Å². The predicted octanol–water partition coefficient (Wildman–Crippen LogP) is 3.26. The van der Waals surface area contributed by atoms with Gasteiger partial charge in [-0.3, -0.25) is 9.59 Å². The van der Waals surface area contributed by atoms with Crippen molar-refractivity contribution in [3.05, 3.63) is 29.3 Å². The molecule has 0 aliphatic rings. The van der Waals surface area contributed by atoms with Gasteiger partial charge in [0.25, 0.3) is 0 Å². The van der Waals surface area contributed by atoms with E-state index < -0.39 is 5.97 Å². The molecule has 1 aromatic rings. The summed E-state index contributed by atoms with van der Waals surface area (Å²) in [5.41, 5.74) is 0.967. The van der Waals surface area contributed by atoms with Crippen molar-refractivity contribution in [2.24, 2.45) is 0 Å². The first kappa shape index (κ1) is 16.2. The quantitative estimate of drug-likeness (QED) is 0.450. The standard InChI is InChI=1S/C16H22O4/c1-3-4-5-6-7-14(17)12-8-9-15(18)13(10-12)11-16(19)20-2/h8-10,18H,3-7,11H2,1-2H3. The molecule has 1 N–H and O–H groups in total. The molecule has 0 saturated carbocycles. The Morgan fingerprint density at radius 2 is 1.95 bits per heavy atom. The lowest BCUT2D eigenvalue weighted by Gasteiger charge is -2.07. The van der Waals surface area contributed by atoms with Crippen molar-refractivity contribution in [2.75, 3.05) is 7.11 Å². The van der Waals surface area contributed by atoms with Crippen molar-refractivity contribution in [2.45, 2.75) is 45.4 Å². The number of esters is 1. The number of carbonyl (C=O) groups is 2. The Kier molecular flexibility index (Phi) is 6.77. The topological polar surface area (TPSA) is 63.6 Å². The molecule has 20 heavy (non-hydrogen) atoms. The zero-order valence-corrected chi connectivity index (χ0v) is 12.1. The zero-order valence-electron chi connectivity index (χ0n) is 12.1. The number of ketones is 1. The third-order valence-corrected chi connectivity index (χ3v) is 3.22. The lowest BCUT2D eigenvalue weighted by Crippen LogP contribution is -2.06. The molecule has 0 aromatic heterocycles. The molecule has 0 amide bonds. The number of benzene rings is 1. The number of rotatable bonds is 8. The van der Waals surface area contributed by atoms with Crippen molar-refractivity contribution in [1.82, 2.24) is 0 Å². The van der Waals surface area contributed by atoms with E-state index in [0.717, 1.165) is 25.7 Å². The van der Waals surface area contributed by atoms with Crippen LogP contribution in [0.3, 0.4) is 0 Å². The highest BCUT2D eigenvalue weighted by atomic mass is 16.5. The Morgan fingerprint density at radius 3 is 2.60 bits per heavy atom. The van der Waals surface area contributed by atoms with Crippen LogP contribution in [0.5, 0.6) is 5.75 Å². The fourth-order valence-corrected chi connectivity index (χ4v) is 1.98. The third kappa shape index (κ3) is 5.03. The lowest BCUT2D eigenvalue weighted by molar-refractivity contribution is -0.139. The molecule has 0 bridgehead atoms. The number of Topliss-reactive ketones (excluding diaryl/α,β-unsaturated/α-hetero) is 1. The summed E-state index contributed by atoms with van der Waals surface area (Å²) in [6.45, 7) is 2.13. The number of hydrogen-bond donors (Lipinski definition) is 1. The molecular formula is C16H22O4. The maximum Gasteiger partial charge on any atom is 0.310 e. The molecule has 0 spiro atoms. The molecule has 0 unspecified atom stereocenters. The molecule has 1 aromatic carbocycles. The predicted molar refractivity (Wildman–Crippen MR) is 76.9 cm³/mol. The van der Waals surface area contributed by atoms with Gasteiger partial charge in [0.15, 0.2) is 5.78 Å². The molecule has 0 aliphatic heterocycles. The second kappa shape index (κ2) is 8.35. The molecule has 0 atom stereocenters. The zero-order chi connectivity index (χ0) is 15.0. The molecule has 4 nitrogen and oxygen atoms in total. The van der Waals surface area contributed by atoms with Crippen molar-refractivity contribution in [3.8, 4) is 5.75 Å². The van der Waals surface area contributed by atoms with E-state index in [1.807, 2.05) is 0 Å². The average molecular weight is 278 g/mol. The van der Waals surface area contributed by atoms with Gasteiger partial charge in [-0.2, -0.15) is 0 Å². The number of aromatic hydroxyl groups is 1. The van der Waals surface area contributed by atoms with E-state index >= 15 is 0 Å². The van der Waals surface area contributed by atoms with E-state index in [4.69, 9.17) is 0 Å². The first-order chi connectivity index (χ1) is 9.58. The highest BCUT2D eigenvalue weighted by molar-refractivity contribution is 5.96. The Morgan fingerprint density at radius 1 is 1.20 bits per heavy atom. The van der Waals surface area contributed by atoms with Crippen LogP contribution < -0.4 is 0 Å². The second-order valence-corrected chi connectivity index (χ2v) is 4.83. The van der Waals surface area contributed by atoms with Gasteiger partial charge in [-0.15, -0.1) is 0 Å². The summed E-state index contributed by atoms with van der Waals surface area (Å²) < 4.78 is 4.57. The number of phenols is 1. The average Bonchev–Trinajstić information content (AvgIpc) is 2.45. The largest absolute Gasteiger partial charge is 0.508 e. The van der Waals surface area contributed by atoms with Crippen LogP contribution in [-0.4, -0.2) is 24.0 Å². The van der Waals surface area contributed by atoms with Crippen LogP contribution >= 0.6 is 0 Å². The molecule has 110 valence electrons. The van der Waals surface area contributed by atoms with Crippen LogP contribution in [0.15, 0.2) is 18.2 Å². The van der Waals surface area contributed by atoms with E-state index in [1.54, 1.807) is 12.1 Å². The third-order valence-electron chi connectivity index (χ3n) is 3.22. The Bertz CT molecular complexity index is 466. The van der Waals surface area contributed by atoms with Gasteiger partial charge in [-0.05, 0) is 24.6 Å². The molecule has 4 heteroatoms. The first-order valence-electron chi connectivity index (χ1n) is 7.00. The molecule has 0 saturated heterocycles. The van der Waals surface area contributed by atoms with E-state index in [9.17, 15) is 14.7 Å². The van der Waals surface area contributed by atoms with E-state index in [-0.39, 0.29) is 18.0 Å². The minimum Gasteiger partial charge on any atom is -0.508 e. The maximum atomic E-state index is 12.0. The Labute approximate surface area is 119 Å². The normalized spacial score (nSPS) is 10.3. The van der Waals surface area contributed by atoms with Gasteiger partial charge in [-0.1, -0.05) is 26.2 Å². The van der Waals surface area contributed by atoms with Crippen LogP contribution in [0, 0.1) is 0 Å². The Hall–Kier alpha value is -1.84. The summed E-state index contributed by atoms with van der Waals surface area (Å²) in [7, 11) is 1.29. The fraction of sp³-hybridized carbons (Fsp3) is 0.500. The highest BCUT2D eigenvalue weighted by Crippen LogP contribution is 2.21. The highest BCUT2D eigenvalue weighted by Gasteiger charge is 2.12. The van der Waals surface area contributed by atoms with Crippen molar-refractivity contribution < 1.29 is 19.4 Å². The van der Waals surface area contributed by atoms with Gasteiger partial charge in [0.1, 0.15) is 5.75 Å².